The largest absolute Gasteiger partial charge is 0.320 e. The Hall–Kier alpha value is -2.47. The van der Waals surface area contributed by atoms with Gasteiger partial charge in [-0.2, -0.15) is 4.31 Å². The van der Waals surface area contributed by atoms with E-state index in [2.05, 4.69) is 15.5 Å². The lowest BCUT2D eigenvalue weighted by Gasteiger charge is -2.30. The number of carbonyl (C=O) groups is 1. The first kappa shape index (κ1) is 22.7. The number of nitrogens with zero attached hydrogens (tertiary/aromatic N) is 3. The van der Waals surface area contributed by atoms with Crippen molar-refractivity contribution in [3.8, 4) is 0 Å². The summed E-state index contributed by atoms with van der Waals surface area (Å²) in [6, 6.07) is 9.04. The van der Waals surface area contributed by atoms with Gasteiger partial charge in [-0.1, -0.05) is 29.0 Å². The Morgan fingerprint density at radius 2 is 2.00 bits per heavy atom. The van der Waals surface area contributed by atoms with E-state index in [1.165, 1.54) is 0 Å². The van der Waals surface area contributed by atoms with E-state index in [0.717, 1.165) is 27.8 Å². The van der Waals surface area contributed by atoms with Crippen molar-refractivity contribution in [2.45, 2.75) is 23.7 Å². The van der Waals surface area contributed by atoms with E-state index in [1.54, 1.807) is 24.3 Å². The van der Waals surface area contributed by atoms with Gasteiger partial charge in [-0.15, -0.1) is 10.2 Å². The van der Waals surface area contributed by atoms with Crippen molar-refractivity contribution in [1.82, 2.24) is 14.5 Å². The highest BCUT2D eigenvalue weighted by molar-refractivity contribution is 7.89. The molecule has 0 spiro atoms. The third-order valence-electron chi connectivity index (χ3n) is 4.96. The number of nitrogens with one attached hydrogen (secondary N) is 1. The number of piperidine rings is 1. The average Bonchev–Trinajstić information content (AvgIpc) is 3.24. The van der Waals surface area contributed by atoms with E-state index in [-0.39, 0.29) is 24.0 Å². The molecule has 0 unspecified atom stereocenters. The van der Waals surface area contributed by atoms with Crippen molar-refractivity contribution < 1.29 is 22.0 Å². The minimum atomic E-state index is -4.15. The molecule has 0 radical (unpaired) electrons. The molecule has 0 bridgehead atoms. The van der Waals surface area contributed by atoms with Gasteiger partial charge in [0.25, 0.3) is 5.91 Å². The Morgan fingerprint density at radius 3 is 2.75 bits per heavy atom. The van der Waals surface area contributed by atoms with E-state index < -0.39 is 32.5 Å². The fourth-order valence-corrected chi connectivity index (χ4v) is 6.05. The van der Waals surface area contributed by atoms with Crippen LogP contribution in [0.3, 0.4) is 0 Å². The Morgan fingerprint density at radius 1 is 1.19 bits per heavy atom. The van der Waals surface area contributed by atoms with Crippen molar-refractivity contribution in [2.24, 2.45) is 0 Å². The van der Waals surface area contributed by atoms with Crippen LogP contribution in [0.25, 0.3) is 0 Å². The molecule has 168 valence electrons. The summed E-state index contributed by atoms with van der Waals surface area (Å²) in [4.78, 5) is 11.9. The predicted molar refractivity (Wildman–Crippen MR) is 116 cm³/mol. The normalized spacial score (nSPS) is 17.3. The molecule has 4 rings (SSSR count). The van der Waals surface area contributed by atoms with Crippen LogP contribution in [0.2, 0.25) is 5.02 Å². The Kier molecular flexibility index (Phi) is 6.52. The number of benzene rings is 2. The second-order valence-electron chi connectivity index (χ2n) is 7.19. The zero-order valence-corrected chi connectivity index (χ0v) is 18.9. The first-order valence-corrected chi connectivity index (χ1v) is 12.2. The molecule has 1 atom stereocenters. The second-order valence-corrected chi connectivity index (χ2v) is 10.5. The standard InChI is InChI=1S/C20H17ClF2N4O3S2/c21-13-4-1-5-15(9-13)24-18(28)20-26-25-19(31-20)12-3-2-8-27(11-12)32(29,30)17-7-6-14(22)10-16(17)23/h1,4-7,9-10,12H,2-3,8,11H2,(H,24,28)/t12-/m1/s1. The van der Waals surface area contributed by atoms with Gasteiger partial charge in [0.05, 0.1) is 0 Å². The van der Waals surface area contributed by atoms with Crippen LogP contribution >= 0.6 is 22.9 Å². The van der Waals surface area contributed by atoms with Crippen LogP contribution in [0.15, 0.2) is 47.4 Å². The number of rotatable bonds is 5. The number of sulfonamides is 1. The smallest absolute Gasteiger partial charge is 0.286 e. The third-order valence-corrected chi connectivity index (χ3v) is 8.18. The molecule has 1 saturated heterocycles. The number of halogens is 3. The predicted octanol–water partition coefficient (Wildman–Crippen LogP) is 4.29. The van der Waals surface area contributed by atoms with Gasteiger partial charge in [0, 0.05) is 35.8 Å². The fourth-order valence-electron chi connectivity index (χ4n) is 3.43. The number of anilines is 1. The molecular formula is C20H17ClF2N4O3S2. The van der Waals surface area contributed by atoms with E-state index >= 15 is 0 Å². The van der Waals surface area contributed by atoms with Gasteiger partial charge in [0.15, 0.2) is 0 Å². The van der Waals surface area contributed by atoms with E-state index in [1.807, 2.05) is 0 Å². The topological polar surface area (TPSA) is 92.3 Å². The fraction of sp³-hybridized carbons (Fsp3) is 0.250. The van der Waals surface area contributed by atoms with Gasteiger partial charge in [0.1, 0.15) is 21.5 Å². The minimum Gasteiger partial charge on any atom is -0.320 e. The number of carbonyl (C=O) groups excluding carboxylic acids is 1. The summed E-state index contributed by atoms with van der Waals surface area (Å²) in [5.74, 6) is -2.74. The maximum Gasteiger partial charge on any atom is 0.286 e. The lowest BCUT2D eigenvalue weighted by molar-refractivity contribution is 0.102. The van der Waals surface area contributed by atoms with Gasteiger partial charge in [0.2, 0.25) is 15.0 Å². The molecule has 1 aliphatic rings. The summed E-state index contributed by atoms with van der Waals surface area (Å²) >= 11 is 6.99. The highest BCUT2D eigenvalue weighted by Crippen LogP contribution is 2.32. The molecule has 0 aliphatic carbocycles. The summed E-state index contributed by atoms with van der Waals surface area (Å²) < 4.78 is 54.2. The maximum absolute atomic E-state index is 14.1. The van der Waals surface area contributed by atoms with Gasteiger partial charge in [-0.3, -0.25) is 4.79 Å². The number of hydrogen-bond donors (Lipinski definition) is 1. The van der Waals surface area contributed by atoms with Crippen LogP contribution in [0, 0.1) is 11.6 Å². The molecule has 12 heteroatoms. The van der Waals surface area contributed by atoms with Crippen LogP contribution in [0.1, 0.15) is 33.6 Å². The molecule has 1 amide bonds. The average molecular weight is 499 g/mol. The van der Waals surface area contributed by atoms with Gasteiger partial charge < -0.3 is 5.32 Å². The molecule has 1 aromatic heterocycles. The summed E-state index contributed by atoms with van der Waals surface area (Å²) in [6.45, 7) is 0.264. The Bertz CT molecular complexity index is 1270. The molecule has 1 aliphatic heterocycles. The van der Waals surface area contributed by atoms with Gasteiger partial charge >= 0.3 is 0 Å². The number of amides is 1. The molecule has 0 saturated carbocycles. The summed E-state index contributed by atoms with van der Waals surface area (Å²) in [7, 11) is -4.15. The molecule has 32 heavy (non-hydrogen) atoms. The Balaban J connectivity index is 1.49. The van der Waals surface area contributed by atoms with Crippen molar-refractivity contribution >= 4 is 44.6 Å². The molecule has 2 heterocycles. The van der Waals surface area contributed by atoms with Crippen LogP contribution < -0.4 is 5.32 Å². The van der Waals surface area contributed by atoms with Crippen LogP contribution in [-0.2, 0) is 10.0 Å². The molecule has 1 fully saturated rings. The van der Waals surface area contributed by atoms with Crippen LogP contribution in [0.4, 0.5) is 14.5 Å². The quantitative estimate of drug-likeness (QED) is 0.566. The van der Waals surface area contributed by atoms with E-state index in [9.17, 15) is 22.0 Å². The number of aromatic nitrogens is 2. The molecule has 7 nitrogen and oxygen atoms in total. The maximum atomic E-state index is 14.1. The van der Waals surface area contributed by atoms with Crippen molar-refractivity contribution in [2.75, 3.05) is 18.4 Å². The summed E-state index contributed by atoms with van der Waals surface area (Å²) in [5.41, 5.74) is 0.510. The Labute approximate surface area is 192 Å². The summed E-state index contributed by atoms with van der Waals surface area (Å²) in [5, 5.41) is 11.8. The molecular weight excluding hydrogens is 482 g/mol. The van der Waals surface area contributed by atoms with Crippen molar-refractivity contribution in [3.63, 3.8) is 0 Å². The zero-order valence-electron chi connectivity index (χ0n) is 16.5. The molecule has 2 aromatic carbocycles. The lowest BCUT2D eigenvalue weighted by Crippen LogP contribution is -2.39. The van der Waals surface area contributed by atoms with Crippen molar-refractivity contribution in [3.05, 3.63) is 69.1 Å². The number of hydrogen-bond acceptors (Lipinski definition) is 6. The van der Waals surface area contributed by atoms with Gasteiger partial charge in [-0.25, -0.2) is 17.2 Å². The lowest BCUT2D eigenvalue weighted by atomic mass is 10.0. The van der Waals surface area contributed by atoms with Crippen LogP contribution in [-0.4, -0.2) is 41.9 Å². The molecule has 1 N–H and O–H groups in total. The monoisotopic (exact) mass is 498 g/mol. The second kappa shape index (κ2) is 9.18. The van der Waals surface area contributed by atoms with Crippen LogP contribution in [0.5, 0.6) is 0 Å². The first-order chi connectivity index (χ1) is 15.2. The van der Waals surface area contributed by atoms with Crippen molar-refractivity contribution in [1.29, 1.82) is 0 Å². The molecule has 3 aromatic rings. The first-order valence-electron chi connectivity index (χ1n) is 9.59. The SMILES string of the molecule is O=C(Nc1cccc(Cl)c1)c1nnc([C@@H]2CCCN(S(=O)(=O)c3ccc(F)cc3F)C2)s1. The van der Waals surface area contributed by atoms with E-state index in [4.69, 9.17) is 11.6 Å². The van der Waals surface area contributed by atoms with Gasteiger partial charge in [-0.05, 0) is 43.2 Å². The highest BCUT2D eigenvalue weighted by Gasteiger charge is 2.34. The summed E-state index contributed by atoms with van der Waals surface area (Å²) in [6.07, 6.45) is 1.17. The zero-order chi connectivity index (χ0) is 22.9. The minimum absolute atomic E-state index is 0.0592. The van der Waals surface area contributed by atoms with E-state index in [0.29, 0.717) is 34.6 Å². The highest BCUT2D eigenvalue weighted by atomic mass is 35.5. The third kappa shape index (κ3) is 4.80.